The number of rotatable bonds is 5. The van der Waals surface area contributed by atoms with Crippen molar-refractivity contribution in [1.29, 1.82) is 0 Å². The van der Waals surface area contributed by atoms with Gasteiger partial charge in [-0.15, -0.1) is 0 Å². The van der Waals surface area contributed by atoms with Crippen LogP contribution in [0.4, 0.5) is 0 Å². The normalized spacial score (nSPS) is 30.4. The maximum absolute atomic E-state index is 12.5. The third kappa shape index (κ3) is 9.37. The Kier molecular flexibility index (Phi) is 10.3. The zero-order valence-electron chi connectivity index (χ0n) is 17.7. The first-order valence-corrected chi connectivity index (χ1v) is 10.7. The molecule has 10 heteroatoms. The average Bonchev–Trinajstić information content (AvgIpc) is 2.68. The summed E-state index contributed by atoms with van der Waals surface area (Å²) in [6, 6.07) is 0. The van der Waals surface area contributed by atoms with E-state index in [9.17, 15) is 9.59 Å². The van der Waals surface area contributed by atoms with Crippen LogP contribution in [0.1, 0.15) is 26.2 Å². The zero-order chi connectivity index (χ0) is 21.0. The third-order valence-corrected chi connectivity index (χ3v) is 5.40. The van der Waals surface area contributed by atoms with Crippen LogP contribution in [-0.2, 0) is 9.59 Å². The van der Waals surface area contributed by atoms with Gasteiger partial charge in [-0.1, -0.05) is 6.92 Å². The number of nitrogens with one attached hydrogen (secondary N) is 7. The number of fused-ring (bicyclic) bond motifs is 6. The maximum Gasteiger partial charge on any atom is 0.303 e. The minimum absolute atomic E-state index is 0.00434. The van der Waals surface area contributed by atoms with Crippen molar-refractivity contribution < 1.29 is 14.7 Å². The summed E-state index contributed by atoms with van der Waals surface area (Å²) in [5, 5.41) is 33.0. The molecular formula is C19H39N7O3. The second kappa shape index (κ2) is 12.4. The molecule has 0 atom stereocenters. The minimum atomic E-state index is -0.875. The van der Waals surface area contributed by atoms with Crippen LogP contribution in [0.3, 0.4) is 0 Å². The van der Waals surface area contributed by atoms with Crippen molar-refractivity contribution in [3.63, 3.8) is 0 Å². The molecule has 0 aromatic carbocycles. The highest BCUT2D eigenvalue weighted by molar-refractivity contribution is 5.77. The van der Waals surface area contributed by atoms with E-state index < -0.39 is 11.6 Å². The van der Waals surface area contributed by atoms with Crippen LogP contribution < -0.4 is 37.2 Å². The van der Waals surface area contributed by atoms with Gasteiger partial charge in [0.15, 0.2) is 0 Å². The predicted molar refractivity (Wildman–Crippen MR) is 113 cm³/mol. The molecule has 10 nitrogen and oxygen atoms in total. The summed E-state index contributed by atoms with van der Waals surface area (Å²) in [6.07, 6.45) is 0.548. The Morgan fingerprint density at radius 1 is 0.793 bits per heavy atom. The van der Waals surface area contributed by atoms with E-state index in [1.165, 1.54) is 0 Å². The smallest absolute Gasteiger partial charge is 0.303 e. The molecule has 0 aromatic rings. The molecule has 2 saturated heterocycles. The van der Waals surface area contributed by atoms with Crippen molar-refractivity contribution in [2.75, 3.05) is 72.0 Å². The number of carboxylic acids is 1. The van der Waals surface area contributed by atoms with Crippen LogP contribution >= 0.6 is 0 Å². The second-order valence-electron chi connectivity index (χ2n) is 8.50. The molecule has 8 N–H and O–H groups in total. The van der Waals surface area contributed by atoms with Gasteiger partial charge in [-0.3, -0.25) is 14.9 Å². The monoisotopic (exact) mass is 413 g/mol. The summed E-state index contributed by atoms with van der Waals surface area (Å²) < 4.78 is 0. The molecule has 2 fully saturated rings. The minimum Gasteiger partial charge on any atom is -0.481 e. The Labute approximate surface area is 173 Å². The molecule has 2 heterocycles. The number of aliphatic carboxylic acids is 1. The Hall–Kier alpha value is -1.30. The summed E-state index contributed by atoms with van der Waals surface area (Å²) in [5.41, 5.74) is -0.509. The van der Waals surface area contributed by atoms with Crippen molar-refractivity contribution >= 4 is 11.9 Å². The van der Waals surface area contributed by atoms with Gasteiger partial charge in [-0.25, -0.2) is 0 Å². The van der Waals surface area contributed by atoms with E-state index >= 15 is 0 Å². The van der Waals surface area contributed by atoms with Gasteiger partial charge >= 0.3 is 5.97 Å². The summed E-state index contributed by atoms with van der Waals surface area (Å²) in [7, 11) is 0. The summed E-state index contributed by atoms with van der Waals surface area (Å²) in [6.45, 7) is 11.0. The van der Waals surface area contributed by atoms with Crippen LogP contribution in [0.15, 0.2) is 0 Å². The molecule has 2 aliphatic rings. The first kappa shape index (κ1) is 24.0. The van der Waals surface area contributed by atoms with E-state index in [-0.39, 0.29) is 24.2 Å². The Bertz CT molecular complexity index is 502. The molecule has 168 valence electrons. The van der Waals surface area contributed by atoms with E-state index in [4.69, 9.17) is 5.11 Å². The van der Waals surface area contributed by atoms with Gasteiger partial charge in [0.25, 0.3) is 0 Å². The number of carboxylic acid groups (broad SMARTS) is 1. The van der Waals surface area contributed by atoms with E-state index in [1.807, 2.05) is 0 Å². The predicted octanol–water partition coefficient (Wildman–Crippen LogP) is -2.38. The van der Waals surface area contributed by atoms with Gasteiger partial charge in [0, 0.05) is 90.2 Å². The van der Waals surface area contributed by atoms with Crippen LogP contribution in [0.5, 0.6) is 0 Å². The summed E-state index contributed by atoms with van der Waals surface area (Å²) >= 11 is 0. The van der Waals surface area contributed by atoms with E-state index in [1.54, 1.807) is 0 Å². The molecule has 0 saturated carbocycles. The van der Waals surface area contributed by atoms with E-state index in [2.05, 4.69) is 44.1 Å². The fourth-order valence-electron chi connectivity index (χ4n) is 3.75. The fraction of sp³-hybridized carbons (Fsp3) is 0.895. The largest absolute Gasteiger partial charge is 0.481 e. The molecular weight excluding hydrogens is 374 g/mol. The fourth-order valence-corrected chi connectivity index (χ4v) is 3.75. The molecule has 0 unspecified atom stereocenters. The van der Waals surface area contributed by atoms with Crippen LogP contribution in [0.2, 0.25) is 0 Å². The molecule has 29 heavy (non-hydrogen) atoms. The van der Waals surface area contributed by atoms with Gasteiger partial charge in [0.05, 0.1) is 0 Å². The van der Waals surface area contributed by atoms with Crippen molar-refractivity contribution in [2.24, 2.45) is 5.41 Å². The number of hydrogen-bond acceptors (Lipinski definition) is 8. The summed E-state index contributed by atoms with van der Waals surface area (Å²) in [5.74, 6) is -1.01. The quantitative estimate of drug-likeness (QED) is 0.248. The van der Waals surface area contributed by atoms with E-state index in [0.717, 1.165) is 58.9 Å². The second-order valence-corrected chi connectivity index (χ2v) is 8.50. The lowest BCUT2D eigenvalue weighted by Gasteiger charge is -2.37. The third-order valence-electron chi connectivity index (χ3n) is 5.40. The van der Waals surface area contributed by atoms with Crippen molar-refractivity contribution in [2.45, 2.75) is 31.8 Å². The van der Waals surface area contributed by atoms with Gasteiger partial charge in [0.1, 0.15) is 5.66 Å². The van der Waals surface area contributed by atoms with Crippen LogP contribution in [0.25, 0.3) is 0 Å². The average molecular weight is 414 g/mol. The Balaban J connectivity index is 2.07. The highest BCUT2D eigenvalue weighted by atomic mass is 16.4. The Morgan fingerprint density at radius 2 is 1.28 bits per heavy atom. The van der Waals surface area contributed by atoms with Gasteiger partial charge in [0.2, 0.25) is 5.91 Å². The zero-order valence-corrected chi connectivity index (χ0v) is 17.7. The van der Waals surface area contributed by atoms with E-state index in [0.29, 0.717) is 19.5 Å². The summed E-state index contributed by atoms with van der Waals surface area (Å²) in [4.78, 5) is 23.2. The van der Waals surface area contributed by atoms with Gasteiger partial charge in [-0.05, 0) is 6.42 Å². The van der Waals surface area contributed by atoms with Crippen LogP contribution in [-0.4, -0.2) is 94.6 Å². The first-order chi connectivity index (χ1) is 13.9. The molecule has 1 amide bonds. The highest BCUT2D eigenvalue weighted by Gasteiger charge is 2.31. The number of carbonyl (C=O) groups is 2. The van der Waals surface area contributed by atoms with Gasteiger partial charge < -0.3 is 37.0 Å². The molecule has 2 bridgehead atoms. The van der Waals surface area contributed by atoms with Crippen molar-refractivity contribution in [1.82, 2.24) is 37.2 Å². The topological polar surface area (TPSA) is 139 Å². The molecule has 2 aliphatic heterocycles. The molecule has 0 aliphatic carbocycles. The lowest BCUT2D eigenvalue weighted by Crippen LogP contribution is -2.69. The Morgan fingerprint density at radius 3 is 1.79 bits per heavy atom. The number of amides is 1. The SMILES string of the molecule is C[C@]12CNCCNC[C@](NC(=O)CCCC(=O)O)(CNCCNC1)NCCNC2. The molecule has 0 spiro atoms. The lowest BCUT2D eigenvalue weighted by molar-refractivity contribution is -0.137. The maximum atomic E-state index is 12.5. The molecule has 0 aromatic heterocycles. The lowest BCUT2D eigenvalue weighted by atomic mass is 9.90. The highest BCUT2D eigenvalue weighted by Crippen LogP contribution is 2.12. The standard InChI is InChI=1S/C19H39N7O3/c1-18-11-20-5-7-23-14-19(25-10-9-22-13-18,15-24-8-6-21-12-18)26-16(27)3-2-4-17(28)29/h20-25H,2-15H2,1H3,(H,26,27)(H,28,29)/t18-,19-. The van der Waals surface area contributed by atoms with Gasteiger partial charge in [-0.2, -0.15) is 0 Å². The number of carbonyl (C=O) groups excluding carboxylic acids is 1. The first-order valence-electron chi connectivity index (χ1n) is 10.7. The van der Waals surface area contributed by atoms with Crippen molar-refractivity contribution in [3.05, 3.63) is 0 Å². The van der Waals surface area contributed by atoms with Crippen LogP contribution in [0, 0.1) is 5.41 Å². The number of hydrogen-bond donors (Lipinski definition) is 8. The van der Waals surface area contributed by atoms with Crippen molar-refractivity contribution in [3.8, 4) is 0 Å². The molecule has 2 rings (SSSR count). The molecule has 0 radical (unpaired) electrons.